The minimum absolute atomic E-state index is 0.0936. The molecule has 1 fully saturated rings. The van der Waals surface area contributed by atoms with E-state index < -0.39 is 17.2 Å². The van der Waals surface area contributed by atoms with Crippen LogP contribution in [0.5, 0.6) is 0 Å². The average Bonchev–Trinajstić information content (AvgIpc) is 2.70. The van der Waals surface area contributed by atoms with Crippen LogP contribution in [-0.2, 0) is 0 Å². The first-order valence-electron chi connectivity index (χ1n) is 9.45. The molecule has 1 N–H and O–H groups in total. The van der Waals surface area contributed by atoms with E-state index in [0.29, 0.717) is 16.3 Å². The van der Waals surface area contributed by atoms with Crippen LogP contribution in [0.25, 0.3) is 16.5 Å². The van der Waals surface area contributed by atoms with Gasteiger partial charge in [-0.2, -0.15) is 0 Å². The second-order valence-electron chi connectivity index (χ2n) is 7.17. The predicted octanol–water partition coefficient (Wildman–Crippen LogP) is 4.33. The number of nitrogens with one attached hydrogen (secondary N) is 1. The van der Waals surface area contributed by atoms with Crippen molar-refractivity contribution in [3.8, 4) is 5.69 Å². The Morgan fingerprint density at radius 1 is 1.00 bits per heavy atom. The van der Waals surface area contributed by atoms with Crippen LogP contribution in [0.3, 0.4) is 0 Å². The highest BCUT2D eigenvalue weighted by molar-refractivity contribution is 6.06. The van der Waals surface area contributed by atoms with Gasteiger partial charge in [-0.05, 0) is 31.0 Å². The van der Waals surface area contributed by atoms with Gasteiger partial charge in [0.15, 0.2) is 0 Å². The largest absolute Gasteiger partial charge is 0.349 e. The smallest absolute Gasteiger partial charge is 0.263 e. The number of amides is 1. The highest BCUT2D eigenvalue weighted by Crippen LogP contribution is 2.22. The molecule has 2 aromatic carbocycles. The number of hydrogen-bond donors (Lipinski definition) is 1. The SMILES string of the molecule is O=C(NC1CCCCC1)c1cn(-c2ccc(F)cc2F)c(=O)c2ccccc12. The number of rotatable bonds is 3. The molecule has 6 heteroatoms. The van der Waals surface area contributed by atoms with E-state index in [1.807, 2.05) is 0 Å². The molecule has 0 unspecified atom stereocenters. The summed E-state index contributed by atoms with van der Waals surface area (Å²) in [5.74, 6) is -1.89. The number of halogens is 2. The van der Waals surface area contributed by atoms with Crippen LogP contribution in [-0.4, -0.2) is 16.5 Å². The highest BCUT2D eigenvalue weighted by atomic mass is 19.1. The van der Waals surface area contributed by atoms with E-state index in [0.717, 1.165) is 42.4 Å². The lowest BCUT2D eigenvalue weighted by Gasteiger charge is -2.23. The zero-order valence-electron chi connectivity index (χ0n) is 15.3. The zero-order chi connectivity index (χ0) is 19.7. The fraction of sp³-hybridized carbons (Fsp3) is 0.273. The number of benzene rings is 2. The first kappa shape index (κ1) is 18.3. The normalized spacial score (nSPS) is 14.9. The van der Waals surface area contributed by atoms with Crippen LogP contribution in [0.15, 0.2) is 53.5 Å². The Hall–Kier alpha value is -3.02. The number of carbonyl (C=O) groups is 1. The average molecular weight is 382 g/mol. The number of fused-ring (bicyclic) bond motifs is 1. The third-order valence-corrected chi connectivity index (χ3v) is 5.28. The van der Waals surface area contributed by atoms with Crippen molar-refractivity contribution < 1.29 is 13.6 Å². The molecule has 1 heterocycles. The molecule has 0 radical (unpaired) electrons. The molecular formula is C22H20F2N2O2. The molecule has 1 amide bonds. The fourth-order valence-electron chi connectivity index (χ4n) is 3.84. The zero-order valence-corrected chi connectivity index (χ0v) is 15.3. The predicted molar refractivity (Wildman–Crippen MR) is 104 cm³/mol. The van der Waals surface area contributed by atoms with Gasteiger partial charge in [-0.15, -0.1) is 0 Å². The summed E-state index contributed by atoms with van der Waals surface area (Å²) in [5.41, 5.74) is -0.260. The van der Waals surface area contributed by atoms with Gasteiger partial charge in [0.05, 0.1) is 11.3 Å². The summed E-state index contributed by atoms with van der Waals surface area (Å²) in [4.78, 5) is 25.9. The van der Waals surface area contributed by atoms with Gasteiger partial charge < -0.3 is 5.32 Å². The van der Waals surface area contributed by atoms with Gasteiger partial charge in [0.2, 0.25) is 0 Å². The molecule has 0 bridgehead atoms. The number of hydrogen-bond acceptors (Lipinski definition) is 2. The molecule has 1 aromatic heterocycles. The van der Waals surface area contributed by atoms with Crippen molar-refractivity contribution in [3.05, 3.63) is 76.2 Å². The maximum absolute atomic E-state index is 14.3. The lowest BCUT2D eigenvalue weighted by atomic mass is 9.95. The van der Waals surface area contributed by atoms with Crippen molar-refractivity contribution in [1.82, 2.24) is 9.88 Å². The summed E-state index contributed by atoms with van der Waals surface area (Å²) < 4.78 is 28.7. The Morgan fingerprint density at radius 2 is 1.71 bits per heavy atom. The summed E-state index contributed by atoms with van der Waals surface area (Å²) >= 11 is 0. The molecule has 0 saturated heterocycles. The first-order valence-corrected chi connectivity index (χ1v) is 9.45. The van der Waals surface area contributed by atoms with Crippen LogP contribution in [0, 0.1) is 11.6 Å². The molecule has 0 atom stereocenters. The van der Waals surface area contributed by atoms with Gasteiger partial charge >= 0.3 is 0 Å². The van der Waals surface area contributed by atoms with Crippen molar-refractivity contribution in [1.29, 1.82) is 0 Å². The van der Waals surface area contributed by atoms with Gasteiger partial charge in [0.1, 0.15) is 11.6 Å². The second kappa shape index (κ2) is 7.54. The number of carbonyl (C=O) groups excluding carboxylic acids is 1. The van der Waals surface area contributed by atoms with Gasteiger partial charge in [-0.1, -0.05) is 37.5 Å². The summed E-state index contributed by atoms with van der Waals surface area (Å²) in [6.07, 6.45) is 6.52. The standard InChI is InChI=1S/C22H20F2N2O2/c23-14-10-11-20(19(24)12-14)26-13-18(16-8-4-5-9-17(16)22(26)28)21(27)25-15-6-2-1-3-7-15/h4-5,8-13,15H,1-3,6-7H2,(H,25,27). The Bertz CT molecular complexity index is 1100. The van der Waals surface area contributed by atoms with E-state index >= 15 is 0 Å². The highest BCUT2D eigenvalue weighted by Gasteiger charge is 2.21. The number of aromatic nitrogens is 1. The molecule has 3 aromatic rings. The molecule has 4 nitrogen and oxygen atoms in total. The Balaban J connectivity index is 1.84. The number of pyridine rings is 1. The quantitative estimate of drug-likeness (QED) is 0.733. The van der Waals surface area contributed by atoms with Crippen molar-refractivity contribution in [2.75, 3.05) is 0 Å². The van der Waals surface area contributed by atoms with Crippen molar-refractivity contribution in [3.63, 3.8) is 0 Å². The topological polar surface area (TPSA) is 51.1 Å². The Morgan fingerprint density at radius 3 is 2.43 bits per heavy atom. The van der Waals surface area contributed by atoms with Gasteiger partial charge in [-0.25, -0.2) is 8.78 Å². The van der Waals surface area contributed by atoms with Gasteiger partial charge in [0.25, 0.3) is 11.5 Å². The minimum atomic E-state index is -0.865. The van der Waals surface area contributed by atoms with Gasteiger partial charge in [-0.3, -0.25) is 14.2 Å². The third kappa shape index (κ3) is 3.42. The molecular weight excluding hydrogens is 362 g/mol. The first-order chi connectivity index (χ1) is 13.5. The molecule has 4 rings (SSSR count). The summed E-state index contributed by atoms with van der Waals surface area (Å²) in [7, 11) is 0. The van der Waals surface area contributed by atoms with E-state index in [1.165, 1.54) is 18.7 Å². The van der Waals surface area contributed by atoms with E-state index in [1.54, 1.807) is 24.3 Å². The van der Waals surface area contributed by atoms with Crippen LogP contribution in [0.1, 0.15) is 42.5 Å². The molecule has 1 aliphatic carbocycles. The number of nitrogens with zero attached hydrogens (tertiary/aromatic N) is 1. The van der Waals surface area contributed by atoms with Crippen LogP contribution in [0.4, 0.5) is 8.78 Å². The Kier molecular flexibility index (Phi) is 4.94. The van der Waals surface area contributed by atoms with E-state index in [-0.39, 0.29) is 17.6 Å². The minimum Gasteiger partial charge on any atom is -0.349 e. The van der Waals surface area contributed by atoms with Crippen molar-refractivity contribution >= 4 is 16.7 Å². The maximum atomic E-state index is 14.3. The third-order valence-electron chi connectivity index (χ3n) is 5.28. The van der Waals surface area contributed by atoms with Crippen LogP contribution < -0.4 is 10.9 Å². The fourth-order valence-corrected chi connectivity index (χ4v) is 3.84. The van der Waals surface area contributed by atoms with Crippen molar-refractivity contribution in [2.24, 2.45) is 0 Å². The van der Waals surface area contributed by atoms with Crippen LogP contribution >= 0.6 is 0 Å². The molecule has 144 valence electrons. The van der Waals surface area contributed by atoms with E-state index in [9.17, 15) is 18.4 Å². The molecule has 0 aliphatic heterocycles. The molecule has 28 heavy (non-hydrogen) atoms. The summed E-state index contributed by atoms with van der Waals surface area (Å²) in [6.45, 7) is 0. The van der Waals surface area contributed by atoms with Gasteiger partial charge in [0, 0.05) is 29.1 Å². The monoisotopic (exact) mass is 382 g/mol. The molecule has 0 spiro atoms. The lowest BCUT2D eigenvalue weighted by molar-refractivity contribution is 0.0929. The van der Waals surface area contributed by atoms with Crippen LogP contribution in [0.2, 0.25) is 0 Å². The molecule has 1 aliphatic rings. The lowest BCUT2D eigenvalue weighted by Crippen LogP contribution is -2.37. The second-order valence-corrected chi connectivity index (χ2v) is 7.17. The van der Waals surface area contributed by atoms with E-state index in [4.69, 9.17) is 0 Å². The van der Waals surface area contributed by atoms with Crippen molar-refractivity contribution in [2.45, 2.75) is 38.1 Å². The molecule has 1 saturated carbocycles. The summed E-state index contributed by atoms with van der Waals surface area (Å²) in [6, 6.07) is 9.86. The maximum Gasteiger partial charge on any atom is 0.263 e. The summed E-state index contributed by atoms with van der Waals surface area (Å²) in [5, 5.41) is 3.86. The van der Waals surface area contributed by atoms with E-state index in [2.05, 4.69) is 5.32 Å². The Labute approximate surface area is 160 Å².